The molecule has 2 heterocycles. The van der Waals surface area contributed by atoms with E-state index in [2.05, 4.69) is 34.3 Å². The Kier molecular flexibility index (Phi) is 3.66. The Hall–Kier alpha value is -1.10. The molecule has 17 heavy (non-hydrogen) atoms. The van der Waals surface area contributed by atoms with E-state index in [1.807, 2.05) is 14.0 Å². The van der Waals surface area contributed by atoms with Gasteiger partial charge in [-0.15, -0.1) is 5.10 Å². The molecule has 0 spiro atoms. The van der Waals surface area contributed by atoms with Gasteiger partial charge in [0.25, 0.3) is 0 Å². The van der Waals surface area contributed by atoms with Crippen molar-refractivity contribution >= 4 is 6.01 Å². The molecular weight excluding hydrogens is 216 g/mol. The lowest BCUT2D eigenvalue weighted by atomic mass is 9.92. The van der Waals surface area contributed by atoms with Gasteiger partial charge >= 0.3 is 6.01 Å². The van der Waals surface area contributed by atoms with E-state index >= 15 is 0 Å². The summed E-state index contributed by atoms with van der Waals surface area (Å²) in [6.07, 6.45) is 1.28. The zero-order valence-electron chi connectivity index (χ0n) is 11.1. The fraction of sp³-hybridized carbons (Fsp3) is 0.833. The SMILES string of the molecule is CNC(C)c1nnc(N2CC(C)CC(C)C2)o1. The summed E-state index contributed by atoms with van der Waals surface area (Å²) < 4.78 is 5.71. The minimum Gasteiger partial charge on any atom is -0.406 e. The number of piperidine rings is 1. The van der Waals surface area contributed by atoms with Gasteiger partial charge in [-0.2, -0.15) is 0 Å². The highest BCUT2D eigenvalue weighted by Crippen LogP contribution is 2.26. The van der Waals surface area contributed by atoms with Gasteiger partial charge in [-0.3, -0.25) is 0 Å². The van der Waals surface area contributed by atoms with E-state index in [1.54, 1.807) is 0 Å². The lowest BCUT2D eigenvalue weighted by Crippen LogP contribution is -2.38. The molecule has 0 saturated carbocycles. The summed E-state index contributed by atoms with van der Waals surface area (Å²) in [5.74, 6) is 2.04. The number of hydrogen-bond acceptors (Lipinski definition) is 5. The molecule has 5 heteroatoms. The summed E-state index contributed by atoms with van der Waals surface area (Å²) >= 11 is 0. The van der Waals surface area contributed by atoms with Crippen molar-refractivity contribution in [1.82, 2.24) is 15.5 Å². The van der Waals surface area contributed by atoms with Crippen molar-refractivity contribution < 1.29 is 4.42 Å². The van der Waals surface area contributed by atoms with Gasteiger partial charge in [0.1, 0.15) is 0 Å². The van der Waals surface area contributed by atoms with Crippen LogP contribution in [-0.4, -0.2) is 30.3 Å². The highest BCUT2D eigenvalue weighted by atomic mass is 16.4. The summed E-state index contributed by atoms with van der Waals surface area (Å²) in [4.78, 5) is 2.21. The number of nitrogens with one attached hydrogen (secondary N) is 1. The number of rotatable bonds is 3. The first kappa shape index (κ1) is 12.4. The van der Waals surface area contributed by atoms with Crippen molar-refractivity contribution in [3.05, 3.63) is 5.89 Å². The van der Waals surface area contributed by atoms with E-state index in [9.17, 15) is 0 Å². The van der Waals surface area contributed by atoms with Crippen molar-refractivity contribution in [3.8, 4) is 0 Å². The van der Waals surface area contributed by atoms with Crippen LogP contribution in [0.25, 0.3) is 0 Å². The molecule has 1 aromatic heterocycles. The van der Waals surface area contributed by atoms with Crippen LogP contribution in [0, 0.1) is 11.8 Å². The van der Waals surface area contributed by atoms with Gasteiger partial charge in [-0.25, -0.2) is 0 Å². The Labute approximate surface area is 103 Å². The molecule has 0 bridgehead atoms. The van der Waals surface area contributed by atoms with Gasteiger partial charge in [0.05, 0.1) is 6.04 Å². The molecular formula is C12H22N4O. The van der Waals surface area contributed by atoms with E-state index in [4.69, 9.17) is 4.42 Å². The molecule has 0 aliphatic carbocycles. The van der Waals surface area contributed by atoms with Crippen molar-refractivity contribution in [3.63, 3.8) is 0 Å². The molecule has 1 aliphatic rings. The maximum absolute atomic E-state index is 5.71. The van der Waals surface area contributed by atoms with Crippen molar-refractivity contribution in [1.29, 1.82) is 0 Å². The average Bonchev–Trinajstić information content (AvgIpc) is 2.76. The van der Waals surface area contributed by atoms with E-state index in [0.717, 1.165) is 13.1 Å². The Morgan fingerprint density at radius 2 is 1.94 bits per heavy atom. The third-order valence-corrected chi connectivity index (χ3v) is 3.37. The van der Waals surface area contributed by atoms with Crippen LogP contribution in [0.5, 0.6) is 0 Å². The number of aromatic nitrogens is 2. The van der Waals surface area contributed by atoms with Gasteiger partial charge in [0.2, 0.25) is 5.89 Å². The zero-order chi connectivity index (χ0) is 12.4. The molecule has 0 radical (unpaired) electrons. The van der Waals surface area contributed by atoms with Gasteiger partial charge in [0, 0.05) is 13.1 Å². The van der Waals surface area contributed by atoms with Gasteiger partial charge in [0.15, 0.2) is 0 Å². The number of nitrogens with zero attached hydrogens (tertiary/aromatic N) is 3. The second-order valence-electron chi connectivity index (χ2n) is 5.28. The predicted octanol–water partition coefficient (Wildman–Crippen LogP) is 1.83. The fourth-order valence-corrected chi connectivity index (χ4v) is 2.47. The average molecular weight is 238 g/mol. The molecule has 1 N–H and O–H groups in total. The van der Waals surface area contributed by atoms with E-state index in [-0.39, 0.29) is 6.04 Å². The first-order valence-corrected chi connectivity index (χ1v) is 6.35. The quantitative estimate of drug-likeness (QED) is 0.870. The van der Waals surface area contributed by atoms with Crippen LogP contribution in [0.1, 0.15) is 39.1 Å². The second-order valence-corrected chi connectivity index (χ2v) is 5.28. The van der Waals surface area contributed by atoms with Crippen molar-refractivity contribution in [2.24, 2.45) is 11.8 Å². The Balaban J connectivity index is 2.09. The normalized spacial score (nSPS) is 27.2. The first-order chi connectivity index (χ1) is 8.10. The third-order valence-electron chi connectivity index (χ3n) is 3.37. The smallest absolute Gasteiger partial charge is 0.318 e. The third kappa shape index (κ3) is 2.77. The lowest BCUT2D eigenvalue weighted by molar-refractivity contribution is 0.334. The van der Waals surface area contributed by atoms with Gasteiger partial charge in [-0.1, -0.05) is 18.9 Å². The van der Waals surface area contributed by atoms with Gasteiger partial charge in [-0.05, 0) is 32.2 Å². The summed E-state index contributed by atoms with van der Waals surface area (Å²) in [7, 11) is 1.89. The van der Waals surface area contributed by atoms with E-state index in [1.165, 1.54) is 6.42 Å². The lowest BCUT2D eigenvalue weighted by Gasteiger charge is -2.33. The molecule has 3 unspecified atom stereocenters. The van der Waals surface area contributed by atoms with Crippen LogP contribution in [-0.2, 0) is 0 Å². The van der Waals surface area contributed by atoms with Crippen LogP contribution < -0.4 is 10.2 Å². The van der Waals surface area contributed by atoms with Gasteiger partial charge < -0.3 is 14.6 Å². The number of hydrogen-bond donors (Lipinski definition) is 1. The van der Waals surface area contributed by atoms with Crippen LogP contribution in [0.4, 0.5) is 6.01 Å². The van der Waals surface area contributed by atoms with Crippen LogP contribution in [0.2, 0.25) is 0 Å². The minimum absolute atomic E-state index is 0.107. The Morgan fingerprint density at radius 1 is 1.29 bits per heavy atom. The molecule has 96 valence electrons. The molecule has 2 rings (SSSR count). The van der Waals surface area contributed by atoms with Crippen molar-refractivity contribution in [2.45, 2.75) is 33.2 Å². The molecule has 3 atom stereocenters. The van der Waals surface area contributed by atoms with E-state index < -0.39 is 0 Å². The molecule has 5 nitrogen and oxygen atoms in total. The Morgan fingerprint density at radius 3 is 2.53 bits per heavy atom. The topological polar surface area (TPSA) is 54.2 Å². The largest absolute Gasteiger partial charge is 0.406 e. The monoisotopic (exact) mass is 238 g/mol. The summed E-state index contributed by atoms with van der Waals surface area (Å²) in [6, 6.07) is 0.774. The van der Waals surface area contributed by atoms with Crippen LogP contribution in [0.3, 0.4) is 0 Å². The van der Waals surface area contributed by atoms with Crippen LogP contribution in [0.15, 0.2) is 4.42 Å². The highest BCUT2D eigenvalue weighted by Gasteiger charge is 2.25. The first-order valence-electron chi connectivity index (χ1n) is 6.35. The molecule has 1 saturated heterocycles. The molecule has 1 fully saturated rings. The maximum Gasteiger partial charge on any atom is 0.318 e. The predicted molar refractivity (Wildman–Crippen MR) is 66.9 cm³/mol. The van der Waals surface area contributed by atoms with E-state index in [0.29, 0.717) is 23.7 Å². The zero-order valence-corrected chi connectivity index (χ0v) is 11.1. The number of anilines is 1. The summed E-state index contributed by atoms with van der Waals surface area (Å²) in [5, 5.41) is 11.3. The van der Waals surface area contributed by atoms with Crippen molar-refractivity contribution in [2.75, 3.05) is 25.0 Å². The second kappa shape index (κ2) is 5.04. The van der Waals surface area contributed by atoms with Crippen LogP contribution >= 0.6 is 0 Å². The molecule has 0 amide bonds. The minimum atomic E-state index is 0.107. The molecule has 1 aromatic rings. The summed E-state index contributed by atoms with van der Waals surface area (Å²) in [6.45, 7) is 8.59. The molecule has 1 aliphatic heterocycles. The molecule has 0 aromatic carbocycles. The maximum atomic E-state index is 5.71. The Bertz CT molecular complexity index is 355. The highest BCUT2D eigenvalue weighted by molar-refractivity contribution is 5.25. The standard InChI is InChI=1S/C12H22N4O/c1-8-5-9(2)7-16(6-8)12-15-14-11(17-12)10(3)13-4/h8-10,13H,5-7H2,1-4H3. The fourth-order valence-electron chi connectivity index (χ4n) is 2.47. The summed E-state index contributed by atoms with van der Waals surface area (Å²) in [5.41, 5.74) is 0.